The van der Waals surface area contributed by atoms with Crippen LogP contribution in [0.4, 0.5) is 0 Å². The number of rotatable bonds is 4. The lowest BCUT2D eigenvalue weighted by atomic mass is 10.3. The van der Waals surface area contributed by atoms with Crippen LogP contribution in [0.2, 0.25) is 0 Å². The van der Waals surface area contributed by atoms with Crippen LogP contribution in [-0.4, -0.2) is 13.2 Å². The van der Waals surface area contributed by atoms with Crippen LogP contribution >= 0.6 is 8.17 Å². The number of benzene rings is 1. The summed E-state index contributed by atoms with van der Waals surface area (Å²) in [5.41, 5.74) is 0. The molecule has 0 N–H and O–H groups in total. The molecule has 0 aliphatic heterocycles. The van der Waals surface area contributed by atoms with E-state index in [2.05, 4.69) is 4.74 Å². The van der Waals surface area contributed by atoms with Crippen LogP contribution in [0.25, 0.3) is 0 Å². The molecule has 4 nitrogen and oxygen atoms in total. The fourth-order valence-electron chi connectivity index (χ4n) is 0.939. The third-order valence-corrected chi connectivity index (χ3v) is 2.59. The van der Waals surface area contributed by atoms with Crippen molar-refractivity contribution in [2.75, 3.05) is 7.11 Å². The summed E-state index contributed by atoms with van der Waals surface area (Å²) in [5.74, 6) is 1.26. The van der Waals surface area contributed by atoms with Gasteiger partial charge in [0.2, 0.25) is 0 Å². The van der Waals surface area contributed by atoms with Crippen molar-refractivity contribution >= 4 is 8.17 Å². The second-order valence-corrected chi connectivity index (χ2v) is 4.10. The SMILES string of the molecule is COc1ccc(O[P+]([O-])=NC(C)C)cc1. The minimum Gasteiger partial charge on any atom is -0.575 e. The Morgan fingerprint density at radius 1 is 1.20 bits per heavy atom. The van der Waals surface area contributed by atoms with E-state index in [0.717, 1.165) is 5.75 Å². The Balaban J connectivity index is 2.65. The largest absolute Gasteiger partial charge is 0.575 e. The monoisotopic (exact) mass is 227 g/mol. The number of nitrogens with zero attached hydrogens (tertiary/aromatic N) is 1. The first-order valence-corrected chi connectivity index (χ1v) is 5.75. The fourth-order valence-corrected chi connectivity index (χ4v) is 1.67. The highest BCUT2D eigenvalue weighted by atomic mass is 31.1. The predicted molar refractivity (Wildman–Crippen MR) is 58.1 cm³/mol. The Bertz CT molecular complexity index is 335. The van der Waals surface area contributed by atoms with Crippen molar-refractivity contribution < 1.29 is 14.2 Å². The van der Waals surface area contributed by atoms with Crippen molar-refractivity contribution in [1.82, 2.24) is 0 Å². The van der Waals surface area contributed by atoms with E-state index in [-0.39, 0.29) is 6.04 Å². The zero-order valence-corrected chi connectivity index (χ0v) is 9.90. The van der Waals surface area contributed by atoms with Gasteiger partial charge in [-0.2, -0.15) is 0 Å². The Labute approximate surface area is 90.5 Å². The zero-order valence-electron chi connectivity index (χ0n) is 9.01. The fraction of sp³-hybridized carbons (Fsp3) is 0.400. The Kier molecular flexibility index (Phi) is 4.53. The van der Waals surface area contributed by atoms with Crippen molar-refractivity contribution in [1.29, 1.82) is 0 Å². The lowest BCUT2D eigenvalue weighted by Crippen LogP contribution is -1.97. The molecule has 1 aromatic rings. The Hall–Kier alpha value is -1.12. The topological polar surface area (TPSA) is 53.9 Å². The van der Waals surface area contributed by atoms with Gasteiger partial charge in [0.05, 0.1) is 13.2 Å². The summed E-state index contributed by atoms with van der Waals surface area (Å²) >= 11 is 0. The van der Waals surface area contributed by atoms with Crippen molar-refractivity contribution in [3.8, 4) is 11.5 Å². The molecule has 0 spiro atoms. The van der Waals surface area contributed by atoms with E-state index in [9.17, 15) is 4.89 Å². The van der Waals surface area contributed by atoms with Crippen molar-refractivity contribution in [2.45, 2.75) is 19.9 Å². The van der Waals surface area contributed by atoms with Crippen LogP contribution in [0.5, 0.6) is 11.5 Å². The van der Waals surface area contributed by atoms with Crippen LogP contribution in [0.15, 0.2) is 29.0 Å². The summed E-state index contributed by atoms with van der Waals surface area (Å²) < 4.78 is 14.0. The molecule has 1 rings (SSSR count). The first-order valence-electron chi connectivity index (χ1n) is 4.62. The number of hydrogen-bond acceptors (Lipinski definition) is 4. The first-order chi connectivity index (χ1) is 7.11. The van der Waals surface area contributed by atoms with E-state index in [1.54, 1.807) is 31.4 Å². The van der Waals surface area contributed by atoms with E-state index in [1.807, 2.05) is 13.8 Å². The summed E-state index contributed by atoms with van der Waals surface area (Å²) in [6.45, 7) is 3.70. The molecule has 1 unspecified atom stereocenters. The molecule has 0 saturated carbocycles. The zero-order chi connectivity index (χ0) is 11.3. The predicted octanol–water partition coefficient (Wildman–Crippen LogP) is 2.34. The third kappa shape index (κ3) is 4.28. The van der Waals surface area contributed by atoms with Gasteiger partial charge in [-0.1, -0.05) is 4.74 Å². The number of hydrogen-bond donors (Lipinski definition) is 0. The van der Waals surface area contributed by atoms with Gasteiger partial charge in [-0.05, 0) is 38.1 Å². The summed E-state index contributed by atoms with van der Waals surface area (Å²) in [4.78, 5) is 11.3. The molecule has 1 aromatic carbocycles. The third-order valence-electron chi connectivity index (χ3n) is 1.57. The standard InChI is InChI=1S/C10H14NO3P/c1-8(2)11-15(12)14-10-6-4-9(13-3)5-7-10/h4-8H,1-3H3. The maximum absolute atomic E-state index is 11.3. The van der Waals surface area contributed by atoms with Crippen LogP contribution in [0.1, 0.15) is 13.8 Å². The molecule has 82 valence electrons. The van der Waals surface area contributed by atoms with Gasteiger partial charge in [0, 0.05) is 0 Å². The van der Waals surface area contributed by atoms with E-state index < -0.39 is 8.17 Å². The van der Waals surface area contributed by atoms with Gasteiger partial charge in [0.1, 0.15) is 5.75 Å². The highest BCUT2D eigenvalue weighted by Gasteiger charge is 2.05. The van der Waals surface area contributed by atoms with E-state index in [4.69, 9.17) is 9.26 Å². The molecule has 0 bridgehead atoms. The minimum absolute atomic E-state index is 0.00635. The molecule has 0 radical (unpaired) electrons. The van der Waals surface area contributed by atoms with Crippen molar-refractivity contribution in [3.05, 3.63) is 24.3 Å². The van der Waals surface area contributed by atoms with E-state index in [0.29, 0.717) is 5.75 Å². The maximum Gasteiger partial charge on any atom is 0.394 e. The maximum atomic E-state index is 11.3. The van der Waals surface area contributed by atoms with Gasteiger partial charge in [-0.15, -0.1) is 0 Å². The van der Waals surface area contributed by atoms with Crippen LogP contribution in [0, 0.1) is 0 Å². The quantitative estimate of drug-likeness (QED) is 0.742. The molecule has 1 atom stereocenters. The van der Waals surface area contributed by atoms with Crippen LogP contribution in [0.3, 0.4) is 0 Å². The van der Waals surface area contributed by atoms with Gasteiger partial charge >= 0.3 is 8.17 Å². The molecule has 0 aromatic heterocycles. The smallest absolute Gasteiger partial charge is 0.394 e. The van der Waals surface area contributed by atoms with Gasteiger partial charge in [-0.3, -0.25) is 4.52 Å². The Morgan fingerprint density at radius 2 is 1.73 bits per heavy atom. The molecule has 0 aliphatic carbocycles. The summed E-state index contributed by atoms with van der Waals surface area (Å²) in [5, 5.41) is 0. The van der Waals surface area contributed by atoms with Gasteiger partial charge in [0.15, 0.2) is 5.75 Å². The van der Waals surface area contributed by atoms with E-state index in [1.165, 1.54) is 0 Å². The normalized spacial score (nSPS) is 11.7. The molecular weight excluding hydrogens is 213 g/mol. The molecular formula is C10H14NO3P. The summed E-state index contributed by atoms with van der Waals surface area (Å²) in [6.07, 6.45) is 0. The van der Waals surface area contributed by atoms with Gasteiger partial charge in [-0.25, -0.2) is 0 Å². The Morgan fingerprint density at radius 3 is 2.20 bits per heavy atom. The lowest BCUT2D eigenvalue weighted by molar-refractivity contribution is -0.168. The minimum atomic E-state index is -1.98. The lowest BCUT2D eigenvalue weighted by Gasteiger charge is -2.01. The molecule has 0 saturated heterocycles. The molecule has 0 heterocycles. The molecule has 15 heavy (non-hydrogen) atoms. The van der Waals surface area contributed by atoms with Gasteiger partial charge < -0.3 is 9.63 Å². The second-order valence-electron chi connectivity index (χ2n) is 3.21. The second kappa shape index (κ2) is 5.69. The average Bonchev–Trinajstić information content (AvgIpc) is 2.17. The molecule has 0 aliphatic rings. The van der Waals surface area contributed by atoms with Crippen molar-refractivity contribution in [3.63, 3.8) is 0 Å². The van der Waals surface area contributed by atoms with Gasteiger partial charge in [0.25, 0.3) is 0 Å². The molecule has 5 heteroatoms. The van der Waals surface area contributed by atoms with Crippen LogP contribution in [-0.2, 0) is 0 Å². The number of ether oxygens (including phenoxy) is 1. The molecule has 0 fully saturated rings. The summed E-state index contributed by atoms with van der Waals surface area (Å²) in [6, 6.07) is 6.89. The highest BCUT2D eigenvalue weighted by molar-refractivity contribution is 7.34. The average molecular weight is 227 g/mol. The van der Waals surface area contributed by atoms with E-state index >= 15 is 0 Å². The van der Waals surface area contributed by atoms with Crippen LogP contribution < -0.4 is 14.2 Å². The highest BCUT2D eigenvalue weighted by Crippen LogP contribution is 2.25. The summed E-state index contributed by atoms with van der Waals surface area (Å²) in [7, 11) is -0.388. The number of methoxy groups -OCH3 is 1. The molecule has 0 amide bonds. The van der Waals surface area contributed by atoms with Crippen molar-refractivity contribution in [2.24, 2.45) is 4.74 Å². The first kappa shape index (κ1) is 12.0.